The molecule has 3 rings (SSSR count). The molecule has 3 aliphatic rings. The van der Waals surface area contributed by atoms with E-state index < -0.39 is 0 Å². The molecule has 0 amide bonds. The van der Waals surface area contributed by atoms with Gasteiger partial charge < -0.3 is 5.11 Å². The molecule has 5 atom stereocenters. The van der Waals surface area contributed by atoms with E-state index in [2.05, 4.69) is 37.9 Å². The molecular formula is C30H57ClN2O. The largest absolute Gasteiger partial charge is 0.378 e. The van der Waals surface area contributed by atoms with E-state index in [9.17, 15) is 5.11 Å². The standard InChI is InChI=1S/C30H57ClN2O/c1-5-12-27(31)18-11-17-26-19-20-33(22-30(26,3)4)23(2)28(21-24-13-7-6-8-14-24)32-29(34)25-15-9-10-16-25/h23-29,32,34H,5-22H2,1-4H3/t23-,26?,27?,28-,29?/m1/s1. The lowest BCUT2D eigenvalue weighted by molar-refractivity contribution is -0.00378. The average molecular weight is 497 g/mol. The van der Waals surface area contributed by atoms with Gasteiger partial charge in [0, 0.05) is 24.0 Å². The molecule has 0 aromatic heterocycles. The van der Waals surface area contributed by atoms with Crippen molar-refractivity contribution in [2.24, 2.45) is 23.2 Å². The van der Waals surface area contributed by atoms with Gasteiger partial charge in [0.2, 0.25) is 0 Å². The zero-order valence-electron chi connectivity index (χ0n) is 23.0. The Morgan fingerprint density at radius 2 is 1.68 bits per heavy atom. The Kier molecular flexibility index (Phi) is 12.0. The summed E-state index contributed by atoms with van der Waals surface area (Å²) in [5, 5.41) is 15.2. The third kappa shape index (κ3) is 8.63. The predicted molar refractivity (Wildman–Crippen MR) is 147 cm³/mol. The maximum Gasteiger partial charge on any atom is 0.108 e. The molecule has 2 aliphatic carbocycles. The van der Waals surface area contributed by atoms with E-state index in [1.165, 1.54) is 109 Å². The van der Waals surface area contributed by atoms with Crippen molar-refractivity contribution in [3.63, 3.8) is 0 Å². The zero-order valence-corrected chi connectivity index (χ0v) is 23.8. The van der Waals surface area contributed by atoms with Crippen molar-refractivity contribution in [3.05, 3.63) is 0 Å². The first kappa shape index (κ1) is 28.7. The van der Waals surface area contributed by atoms with Gasteiger partial charge in [-0.2, -0.15) is 0 Å². The van der Waals surface area contributed by atoms with E-state index in [1.54, 1.807) is 0 Å². The van der Waals surface area contributed by atoms with Gasteiger partial charge in [0.15, 0.2) is 0 Å². The van der Waals surface area contributed by atoms with Crippen LogP contribution in [-0.4, -0.2) is 46.8 Å². The number of nitrogens with zero attached hydrogens (tertiary/aromatic N) is 1. The first-order valence-corrected chi connectivity index (χ1v) is 15.6. The van der Waals surface area contributed by atoms with Crippen molar-refractivity contribution in [2.75, 3.05) is 13.1 Å². The second kappa shape index (κ2) is 14.2. The molecule has 1 aliphatic heterocycles. The number of rotatable bonds is 13. The molecule has 2 N–H and O–H groups in total. The molecule has 0 radical (unpaired) electrons. The Bertz CT molecular complexity index is 558. The van der Waals surface area contributed by atoms with Crippen molar-refractivity contribution < 1.29 is 5.11 Å². The summed E-state index contributed by atoms with van der Waals surface area (Å²) in [4.78, 5) is 2.76. The van der Waals surface area contributed by atoms with Gasteiger partial charge in [0.25, 0.3) is 0 Å². The van der Waals surface area contributed by atoms with Gasteiger partial charge in [0.05, 0.1) is 0 Å². The first-order chi connectivity index (χ1) is 16.3. The summed E-state index contributed by atoms with van der Waals surface area (Å²) in [7, 11) is 0. The Balaban J connectivity index is 1.57. The van der Waals surface area contributed by atoms with Crippen LogP contribution in [0.25, 0.3) is 0 Å². The molecule has 3 fully saturated rings. The van der Waals surface area contributed by atoms with Crippen molar-refractivity contribution in [2.45, 2.75) is 154 Å². The van der Waals surface area contributed by atoms with Crippen molar-refractivity contribution in [3.8, 4) is 0 Å². The molecule has 34 heavy (non-hydrogen) atoms. The quantitative estimate of drug-likeness (QED) is 0.202. The summed E-state index contributed by atoms with van der Waals surface area (Å²) in [6, 6.07) is 0.882. The normalized spacial score (nSPS) is 28.6. The van der Waals surface area contributed by atoms with Gasteiger partial charge in [-0.3, -0.25) is 10.2 Å². The Morgan fingerprint density at radius 3 is 2.32 bits per heavy atom. The van der Waals surface area contributed by atoms with E-state index >= 15 is 0 Å². The monoisotopic (exact) mass is 496 g/mol. The number of hydrogen-bond acceptors (Lipinski definition) is 3. The van der Waals surface area contributed by atoms with Crippen LogP contribution in [0.5, 0.6) is 0 Å². The van der Waals surface area contributed by atoms with E-state index in [-0.39, 0.29) is 6.23 Å². The fraction of sp³-hybridized carbons (Fsp3) is 1.00. The number of likely N-dealkylation sites (tertiary alicyclic amines) is 1. The molecule has 0 aromatic carbocycles. The van der Waals surface area contributed by atoms with Gasteiger partial charge in [-0.15, -0.1) is 11.6 Å². The predicted octanol–water partition coefficient (Wildman–Crippen LogP) is 7.74. The van der Waals surface area contributed by atoms with Crippen LogP contribution < -0.4 is 5.32 Å². The van der Waals surface area contributed by atoms with Crippen LogP contribution >= 0.6 is 11.6 Å². The third-order valence-electron chi connectivity index (χ3n) is 9.85. The lowest BCUT2D eigenvalue weighted by Gasteiger charge is -2.49. The topological polar surface area (TPSA) is 35.5 Å². The maximum atomic E-state index is 11.1. The van der Waals surface area contributed by atoms with Crippen molar-refractivity contribution in [1.82, 2.24) is 10.2 Å². The lowest BCUT2D eigenvalue weighted by Crippen LogP contribution is -2.57. The van der Waals surface area contributed by atoms with Gasteiger partial charge in [-0.05, 0) is 81.6 Å². The van der Waals surface area contributed by atoms with Crippen LogP contribution in [-0.2, 0) is 0 Å². The van der Waals surface area contributed by atoms with Gasteiger partial charge in [-0.25, -0.2) is 0 Å². The molecule has 0 bridgehead atoms. The number of nitrogens with one attached hydrogen (secondary N) is 1. The van der Waals surface area contributed by atoms with Crippen LogP contribution in [0, 0.1) is 23.2 Å². The highest BCUT2D eigenvalue weighted by Crippen LogP contribution is 2.40. The number of hydrogen-bond donors (Lipinski definition) is 2. The molecule has 3 nitrogen and oxygen atoms in total. The minimum absolute atomic E-state index is 0.323. The second-order valence-corrected chi connectivity index (χ2v) is 13.6. The molecule has 200 valence electrons. The lowest BCUT2D eigenvalue weighted by atomic mass is 9.71. The molecule has 3 unspecified atom stereocenters. The van der Waals surface area contributed by atoms with E-state index in [1.807, 2.05) is 0 Å². The minimum Gasteiger partial charge on any atom is -0.378 e. The maximum absolute atomic E-state index is 11.1. The Morgan fingerprint density at radius 1 is 1.00 bits per heavy atom. The SMILES string of the molecule is CCCC(Cl)CCCC1CCN([C@H](C)[C@@H](CC2CCCCC2)NC(O)C2CCCC2)CC1(C)C. The minimum atomic E-state index is -0.323. The Labute approximate surface area is 217 Å². The van der Waals surface area contributed by atoms with Crippen molar-refractivity contribution >= 4 is 11.6 Å². The molecular weight excluding hydrogens is 440 g/mol. The van der Waals surface area contributed by atoms with Crippen LogP contribution in [0.4, 0.5) is 0 Å². The fourth-order valence-corrected chi connectivity index (χ4v) is 7.81. The van der Waals surface area contributed by atoms with Gasteiger partial charge in [-0.1, -0.05) is 78.6 Å². The molecule has 0 aromatic rings. The van der Waals surface area contributed by atoms with E-state index in [4.69, 9.17) is 11.6 Å². The van der Waals surface area contributed by atoms with Crippen molar-refractivity contribution in [1.29, 1.82) is 0 Å². The van der Waals surface area contributed by atoms with Gasteiger partial charge in [0.1, 0.15) is 6.23 Å². The molecule has 0 spiro atoms. The highest BCUT2D eigenvalue weighted by atomic mass is 35.5. The third-order valence-corrected chi connectivity index (χ3v) is 10.3. The van der Waals surface area contributed by atoms with Gasteiger partial charge >= 0.3 is 0 Å². The van der Waals surface area contributed by atoms with Crippen LogP contribution in [0.2, 0.25) is 0 Å². The summed E-state index contributed by atoms with van der Waals surface area (Å²) in [6.45, 7) is 12.1. The van der Waals surface area contributed by atoms with Crippen LogP contribution in [0.15, 0.2) is 0 Å². The summed E-state index contributed by atoms with van der Waals surface area (Å²) >= 11 is 6.50. The summed E-state index contributed by atoms with van der Waals surface area (Å²) in [5.41, 5.74) is 0.346. The van der Waals surface area contributed by atoms with E-state index in [0.29, 0.717) is 28.8 Å². The number of alkyl halides is 1. The van der Waals surface area contributed by atoms with Crippen LogP contribution in [0.1, 0.15) is 130 Å². The average Bonchev–Trinajstić information content (AvgIpc) is 3.35. The molecule has 1 heterocycles. The molecule has 1 saturated heterocycles. The number of aliphatic hydroxyl groups excluding tert-OH is 1. The molecule has 2 saturated carbocycles. The zero-order chi connectivity index (χ0) is 24.6. The van der Waals surface area contributed by atoms with Crippen LogP contribution in [0.3, 0.4) is 0 Å². The number of halogens is 1. The number of piperidine rings is 1. The first-order valence-electron chi connectivity index (χ1n) is 15.1. The summed E-state index contributed by atoms with van der Waals surface area (Å²) in [6.07, 6.45) is 20.3. The fourth-order valence-electron chi connectivity index (χ4n) is 7.44. The smallest absolute Gasteiger partial charge is 0.108 e. The highest BCUT2D eigenvalue weighted by Gasteiger charge is 2.39. The highest BCUT2D eigenvalue weighted by molar-refractivity contribution is 6.20. The number of aliphatic hydroxyl groups is 1. The van der Waals surface area contributed by atoms with E-state index in [0.717, 1.165) is 18.3 Å². The molecule has 4 heteroatoms. The summed E-state index contributed by atoms with van der Waals surface area (Å²) in [5.74, 6) is 2.10. The Hall–Kier alpha value is 0.170. The second-order valence-electron chi connectivity index (χ2n) is 13.0. The summed E-state index contributed by atoms with van der Waals surface area (Å²) < 4.78 is 0.